The SMILES string of the molecule is CN=C(NCc1ccc(OC)nc1)NCc1cc(OC)c(OC)c(OC)c1. The number of pyridine rings is 1. The average Bonchev–Trinajstić information content (AvgIpc) is 2.73. The van der Waals surface area contributed by atoms with Gasteiger partial charge in [0.15, 0.2) is 17.5 Å². The number of guanidine groups is 1. The highest BCUT2D eigenvalue weighted by molar-refractivity contribution is 5.79. The van der Waals surface area contributed by atoms with Gasteiger partial charge in [0.05, 0.1) is 28.4 Å². The minimum Gasteiger partial charge on any atom is -0.493 e. The summed E-state index contributed by atoms with van der Waals surface area (Å²) >= 11 is 0. The number of aliphatic imine (C=N–C) groups is 1. The third-order valence-electron chi connectivity index (χ3n) is 3.87. The Morgan fingerprint density at radius 2 is 1.52 bits per heavy atom. The zero-order valence-electron chi connectivity index (χ0n) is 16.3. The van der Waals surface area contributed by atoms with E-state index < -0.39 is 0 Å². The van der Waals surface area contributed by atoms with E-state index in [1.807, 2.05) is 24.3 Å². The Hall–Kier alpha value is -3.16. The summed E-state index contributed by atoms with van der Waals surface area (Å²) in [5.41, 5.74) is 1.99. The van der Waals surface area contributed by atoms with Crippen molar-refractivity contribution in [2.24, 2.45) is 4.99 Å². The maximum atomic E-state index is 5.38. The van der Waals surface area contributed by atoms with Gasteiger partial charge in [-0.05, 0) is 23.3 Å². The highest BCUT2D eigenvalue weighted by Crippen LogP contribution is 2.38. The molecule has 0 spiro atoms. The molecule has 146 valence electrons. The van der Waals surface area contributed by atoms with E-state index in [1.54, 1.807) is 41.7 Å². The van der Waals surface area contributed by atoms with Gasteiger partial charge < -0.3 is 29.6 Å². The van der Waals surface area contributed by atoms with Crippen LogP contribution in [0.4, 0.5) is 0 Å². The Kier molecular flexibility index (Phi) is 7.54. The van der Waals surface area contributed by atoms with Crippen LogP contribution in [0.15, 0.2) is 35.5 Å². The van der Waals surface area contributed by atoms with Crippen LogP contribution in [-0.2, 0) is 13.1 Å². The monoisotopic (exact) mass is 374 g/mol. The first-order chi connectivity index (χ1) is 13.1. The molecule has 2 N–H and O–H groups in total. The van der Waals surface area contributed by atoms with Gasteiger partial charge in [-0.25, -0.2) is 4.98 Å². The molecule has 0 saturated carbocycles. The summed E-state index contributed by atoms with van der Waals surface area (Å²) in [7, 11) is 8.08. The molecule has 0 aliphatic rings. The van der Waals surface area contributed by atoms with Crippen molar-refractivity contribution in [2.75, 3.05) is 35.5 Å². The van der Waals surface area contributed by atoms with Crippen LogP contribution in [0.2, 0.25) is 0 Å². The van der Waals surface area contributed by atoms with Gasteiger partial charge in [0.2, 0.25) is 11.6 Å². The van der Waals surface area contributed by atoms with Gasteiger partial charge in [-0.3, -0.25) is 4.99 Å². The fraction of sp³-hybridized carbons (Fsp3) is 0.368. The molecule has 1 aromatic carbocycles. The predicted molar refractivity (Wildman–Crippen MR) is 104 cm³/mol. The van der Waals surface area contributed by atoms with Crippen LogP contribution < -0.4 is 29.6 Å². The summed E-state index contributed by atoms with van der Waals surface area (Å²) in [6.07, 6.45) is 1.76. The molecular formula is C19H26N4O4. The Morgan fingerprint density at radius 3 is 1.96 bits per heavy atom. The number of nitrogens with zero attached hydrogens (tertiary/aromatic N) is 2. The lowest BCUT2D eigenvalue weighted by Gasteiger charge is -2.16. The molecule has 0 atom stereocenters. The van der Waals surface area contributed by atoms with E-state index in [2.05, 4.69) is 20.6 Å². The summed E-state index contributed by atoms with van der Waals surface area (Å²) < 4.78 is 21.2. The van der Waals surface area contributed by atoms with E-state index >= 15 is 0 Å². The second-order valence-electron chi connectivity index (χ2n) is 5.52. The molecule has 0 aliphatic heterocycles. The van der Waals surface area contributed by atoms with Crippen molar-refractivity contribution in [3.05, 3.63) is 41.6 Å². The van der Waals surface area contributed by atoms with E-state index in [1.165, 1.54) is 0 Å². The molecule has 0 radical (unpaired) electrons. The first-order valence-corrected chi connectivity index (χ1v) is 8.37. The van der Waals surface area contributed by atoms with E-state index in [0.29, 0.717) is 42.2 Å². The van der Waals surface area contributed by atoms with Crippen molar-refractivity contribution in [3.8, 4) is 23.1 Å². The van der Waals surface area contributed by atoms with Crippen LogP contribution in [0.1, 0.15) is 11.1 Å². The van der Waals surface area contributed by atoms with Gasteiger partial charge in [-0.1, -0.05) is 6.07 Å². The minimum absolute atomic E-state index is 0.539. The number of hydrogen-bond donors (Lipinski definition) is 2. The van der Waals surface area contributed by atoms with E-state index in [-0.39, 0.29) is 0 Å². The molecule has 0 bridgehead atoms. The molecule has 0 amide bonds. The number of hydrogen-bond acceptors (Lipinski definition) is 6. The number of ether oxygens (including phenoxy) is 4. The molecule has 0 fully saturated rings. The Bertz CT molecular complexity index is 738. The largest absolute Gasteiger partial charge is 0.493 e. The standard InChI is InChI=1S/C19H26N4O4/c1-20-19(22-11-13-6-7-17(26-4)21-10-13)23-12-14-8-15(24-2)18(27-5)16(9-14)25-3/h6-10H,11-12H2,1-5H3,(H2,20,22,23). The molecule has 8 nitrogen and oxygen atoms in total. The number of benzene rings is 1. The fourth-order valence-electron chi connectivity index (χ4n) is 2.47. The van der Waals surface area contributed by atoms with Gasteiger partial charge >= 0.3 is 0 Å². The second-order valence-corrected chi connectivity index (χ2v) is 5.52. The molecule has 1 aromatic heterocycles. The molecular weight excluding hydrogens is 348 g/mol. The number of methoxy groups -OCH3 is 4. The Labute approximate surface area is 159 Å². The highest BCUT2D eigenvalue weighted by atomic mass is 16.5. The lowest BCUT2D eigenvalue weighted by Crippen LogP contribution is -2.36. The Balaban J connectivity index is 1.98. The lowest BCUT2D eigenvalue weighted by atomic mass is 10.2. The molecule has 8 heteroatoms. The van der Waals surface area contributed by atoms with Crippen molar-refractivity contribution < 1.29 is 18.9 Å². The van der Waals surface area contributed by atoms with E-state index in [0.717, 1.165) is 11.1 Å². The van der Waals surface area contributed by atoms with Crippen LogP contribution in [0.5, 0.6) is 23.1 Å². The third-order valence-corrected chi connectivity index (χ3v) is 3.87. The zero-order chi connectivity index (χ0) is 19.6. The molecule has 2 aromatic rings. The third kappa shape index (κ3) is 5.40. The molecule has 2 rings (SSSR count). The van der Waals surface area contributed by atoms with Crippen LogP contribution in [-0.4, -0.2) is 46.4 Å². The minimum atomic E-state index is 0.539. The summed E-state index contributed by atoms with van der Waals surface area (Å²) in [6, 6.07) is 7.57. The summed E-state index contributed by atoms with van der Waals surface area (Å²) in [5, 5.41) is 6.50. The van der Waals surface area contributed by atoms with Crippen LogP contribution in [0.25, 0.3) is 0 Å². The topological polar surface area (TPSA) is 86.2 Å². The number of nitrogens with one attached hydrogen (secondary N) is 2. The van der Waals surface area contributed by atoms with Crippen LogP contribution in [0, 0.1) is 0 Å². The maximum absolute atomic E-state index is 5.38. The normalized spacial score (nSPS) is 10.9. The quantitative estimate of drug-likeness (QED) is 0.540. The first kappa shape index (κ1) is 20.2. The van der Waals surface area contributed by atoms with Gasteiger partial charge in [-0.15, -0.1) is 0 Å². The van der Waals surface area contributed by atoms with Crippen molar-refractivity contribution in [1.29, 1.82) is 0 Å². The van der Waals surface area contributed by atoms with E-state index in [9.17, 15) is 0 Å². The predicted octanol–water partition coefficient (Wildman–Crippen LogP) is 1.98. The number of aromatic nitrogens is 1. The molecule has 0 saturated heterocycles. The van der Waals surface area contributed by atoms with Crippen molar-refractivity contribution in [2.45, 2.75) is 13.1 Å². The van der Waals surface area contributed by atoms with Crippen molar-refractivity contribution in [3.63, 3.8) is 0 Å². The number of rotatable bonds is 8. The van der Waals surface area contributed by atoms with Crippen LogP contribution in [0.3, 0.4) is 0 Å². The van der Waals surface area contributed by atoms with Gasteiger partial charge in [-0.2, -0.15) is 0 Å². The maximum Gasteiger partial charge on any atom is 0.212 e. The summed E-state index contributed by atoms with van der Waals surface area (Å²) in [4.78, 5) is 8.42. The van der Waals surface area contributed by atoms with Gasteiger partial charge in [0, 0.05) is 32.4 Å². The highest BCUT2D eigenvalue weighted by Gasteiger charge is 2.13. The molecule has 0 aliphatic carbocycles. The smallest absolute Gasteiger partial charge is 0.212 e. The first-order valence-electron chi connectivity index (χ1n) is 8.37. The fourth-order valence-corrected chi connectivity index (χ4v) is 2.47. The second kappa shape index (κ2) is 10.1. The lowest BCUT2D eigenvalue weighted by molar-refractivity contribution is 0.323. The van der Waals surface area contributed by atoms with Crippen molar-refractivity contribution in [1.82, 2.24) is 15.6 Å². The molecule has 27 heavy (non-hydrogen) atoms. The molecule has 1 heterocycles. The van der Waals surface area contributed by atoms with Crippen molar-refractivity contribution >= 4 is 5.96 Å². The summed E-state index contributed by atoms with van der Waals surface area (Å²) in [5.74, 6) is 3.04. The van der Waals surface area contributed by atoms with Gasteiger partial charge in [0.1, 0.15) is 0 Å². The average molecular weight is 374 g/mol. The summed E-state index contributed by atoms with van der Waals surface area (Å²) in [6.45, 7) is 1.13. The van der Waals surface area contributed by atoms with Crippen LogP contribution >= 0.6 is 0 Å². The Morgan fingerprint density at radius 1 is 0.889 bits per heavy atom. The molecule has 0 unspecified atom stereocenters. The van der Waals surface area contributed by atoms with Gasteiger partial charge in [0.25, 0.3) is 0 Å². The zero-order valence-corrected chi connectivity index (χ0v) is 16.3. The van der Waals surface area contributed by atoms with E-state index in [4.69, 9.17) is 18.9 Å².